The van der Waals surface area contributed by atoms with E-state index >= 15 is 0 Å². The van der Waals surface area contributed by atoms with E-state index in [1.165, 1.54) is 18.4 Å². The predicted octanol–water partition coefficient (Wildman–Crippen LogP) is 3.73. The molecule has 0 amide bonds. The monoisotopic (exact) mass is 265 g/mol. The molecule has 3 nitrogen and oxygen atoms in total. The van der Waals surface area contributed by atoms with Gasteiger partial charge in [0.25, 0.3) is 0 Å². The molecule has 1 N–H and O–H groups in total. The fraction of sp³-hybridized carbons (Fsp3) is 0.750. The van der Waals surface area contributed by atoms with E-state index in [-0.39, 0.29) is 0 Å². The zero-order chi connectivity index (χ0) is 13.9. The SMILES string of the molecule is CNCc1ccoc1COC1CC(C)CC(C)(C)C1. The second-order valence-electron chi connectivity index (χ2n) is 6.75. The van der Waals surface area contributed by atoms with Crippen LogP contribution in [-0.2, 0) is 17.9 Å². The molecule has 1 aliphatic carbocycles. The average Bonchev–Trinajstić information content (AvgIpc) is 2.72. The van der Waals surface area contributed by atoms with E-state index in [0.717, 1.165) is 24.6 Å². The Hall–Kier alpha value is -0.800. The molecule has 2 rings (SSSR count). The molecular weight excluding hydrogens is 238 g/mol. The van der Waals surface area contributed by atoms with E-state index in [1.54, 1.807) is 6.26 Å². The highest BCUT2D eigenvalue weighted by Crippen LogP contribution is 2.39. The number of furan rings is 1. The van der Waals surface area contributed by atoms with Crippen molar-refractivity contribution in [1.29, 1.82) is 0 Å². The summed E-state index contributed by atoms with van der Waals surface area (Å²) in [7, 11) is 1.95. The van der Waals surface area contributed by atoms with Crippen LogP contribution >= 0.6 is 0 Å². The molecule has 3 heteroatoms. The van der Waals surface area contributed by atoms with Gasteiger partial charge in [0.2, 0.25) is 0 Å². The van der Waals surface area contributed by atoms with E-state index in [9.17, 15) is 0 Å². The summed E-state index contributed by atoms with van der Waals surface area (Å²) in [5, 5.41) is 3.15. The summed E-state index contributed by atoms with van der Waals surface area (Å²) in [4.78, 5) is 0. The molecule has 0 aliphatic heterocycles. The molecule has 0 aromatic carbocycles. The molecule has 2 atom stereocenters. The quantitative estimate of drug-likeness (QED) is 0.881. The summed E-state index contributed by atoms with van der Waals surface area (Å²) >= 11 is 0. The van der Waals surface area contributed by atoms with E-state index in [0.29, 0.717) is 18.1 Å². The summed E-state index contributed by atoms with van der Waals surface area (Å²) in [5.74, 6) is 1.72. The highest BCUT2D eigenvalue weighted by molar-refractivity contribution is 5.16. The van der Waals surface area contributed by atoms with Gasteiger partial charge in [-0.15, -0.1) is 0 Å². The van der Waals surface area contributed by atoms with Gasteiger partial charge in [0.1, 0.15) is 12.4 Å². The minimum absolute atomic E-state index is 0.367. The summed E-state index contributed by atoms with van der Waals surface area (Å²) in [6.45, 7) is 8.45. The smallest absolute Gasteiger partial charge is 0.133 e. The van der Waals surface area contributed by atoms with Crippen LogP contribution in [0.4, 0.5) is 0 Å². The molecule has 1 aliphatic rings. The van der Waals surface area contributed by atoms with E-state index < -0.39 is 0 Å². The Balaban J connectivity index is 1.89. The Labute approximate surface area is 116 Å². The lowest BCUT2D eigenvalue weighted by atomic mass is 9.71. The van der Waals surface area contributed by atoms with Crippen molar-refractivity contribution < 1.29 is 9.15 Å². The molecule has 0 saturated heterocycles. The standard InChI is InChI=1S/C16H27NO2/c1-12-7-14(9-16(2,3)8-12)19-11-15-13(10-17-4)5-6-18-15/h5-6,12,14,17H,7-11H2,1-4H3. The molecule has 19 heavy (non-hydrogen) atoms. The van der Waals surface area contributed by atoms with Crippen molar-refractivity contribution in [3.05, 3.63) is 23.7 Å². The van der Waals surface area contributed by atoms with Gasteiger partial charge in [0, 0.05) is 12.1 Å². The average molecular weight is 265 g/mol. The largest absolute Gasteiger partial charge is 0.467 e. The first-order valence-electron chi connectivity index (χ1n) is 7.31. The molecule has 108 valence electrons. The van der Waals surface area contributed by atoms with Crippen LogP contribution in [0.2, 0.25) is 0 Å². The highest BCUT2D eigenvalue weighted by Gasteiger charge is 2.32. The van der Waals surface area contributed by atoms with Crippen LogP contribution in [0.1, 0.15) is 51.4 Å². The molecule has 0 radical (unpaired) electrons. The van der Waals surface area contributed by atoms with Crippen molar-refractivity contribution >= 4 is 0 Å². The van der Waals surface area contributed by atoms with Crippen LogP contribution in [0.3, 0.4) is 0 Å². The first kappa shape index (κ1) is 14.6. The summed E-state index contributed by atoms with van der Waals surface area (Å²) in [6, 6.07) is 2.02. The Morgan fingerprint density at radius 2 is 2.21 bits per heavy atom. The number of ether oxygens (including phenoxy) is 1. The van der Waals surface area contributed by atoms with Crippen molar-refractivity contribution in [1.82, 2.24) is 5.32 Å². The maximum absolute atomic E-state index is 6.10. The predicted molar refractivity (Wildman–Crippen MR) is 76.8 cm³/mol. The normalized spacial score (nSPS) is 26.5. The third-order valence-electron chi connectivity index (χ3n) is 4.00. The Morgan fingerprint density at radius 1 is 1.42 bits per heavy atom. The lowest BCUT2D eigenvalue weighted by molar-refractivity contribution is -0.0371. The first-order valence-corrected chi connectivity index (χ1v) is 7.31. The molecule has 1 fully saturated rings. The molecule has 0 bridgehead atoms. The fourth-order valence-corrected chi connectivity index (χ4v) is 3.42. The second-order valence-corrected chi connectivity index (χ2v) is 6.75. The molecule has 1 heterocycles. The van der Waals surface area contributed by atoms with Crippen molar-refractivity contribution in [2.24, 2.45) is 11.3 Å². The van der Waals surface area contributed by atoms with Crippen molar-refractivity contribution in [3.63, 3.8) is 0 Å². The maximum Gasteiger partial charge on any atom is 0.133 e. The molecule has 0 spiro atoms. The topological polar surface area (TPSA) is 34.4 Å². The summed E-state index contributed by atoms with van der Waals surface area (Å²) in [6.07, 6.45) is 5.74. The van der Waals surface area contributed by atoms with Crippen LogP contribution in [0.25, 0.3) is 0 Å². The third kappa shape index (κ3) is 4.08. The summed E-state index contributed by atoms with van der Waals surface area (Å²) < 4.78 is 11.6. The van der Waals surface area contributed by atoms with Crippen molar-refractivity contribution in [3.8, 4) is 0 Å². The van der Waals surface area contributed by atoms with Crippen LogP contribution in [0, 0.1) is 11.3 Å². The van der Waals surface area contributed by atoms with Gasteiger partial charge in [0.05, 0.1) is 12.4 Å². The zero-order valence-corrected chi connectivity index (χ0v) is 12.7. The molecule has 1 aromatic heterocycles. The van der Waals surface area contributed by atoms with Crippen molar-refractivity contribution in [2.75, 3.05) is 7.05 Å². The van der Waals surface area contributed by atoms with Crippen LogP contribution in [0.15, 0.2) is 16.7 Å². The lowest BCUT2D eigenvalue weighted by Gasteiger charge is -2.38. The van der Waals surface area contributed by atoms with Gasteiger partial charge < -0.3 is 14.5 Å². The van der Waals surface area contributed by atoms with Crippen LogP contribution < -0.4 is 5.32 Å². The Bertz CT molecular complexity index is 397. The first-order chi connectivity index (χ1) is 9.00. The lowest BCUT2D eigenvalue weighted by Crippen LogP contribution is -2.32. The molecule has 1 aromatic rings. The zero-order valence-electron chi connectivity index (χ0n) is 12.7. The Kier molecular flexibility index (Phi) is 4.69. The number of rotatable bonds is 5. The third-order valence-corrected chi connectivity index (χ3v) is 4.00. The van der Waals surface area contributed by atoms with Crippen LogP contribution in [0.5, 0.6) is 0 Å². The Morgan fingerprint density at radius 3 is 2.89 bits per heavy atom. The van der Waals surface area contributed by atoms with Gasteiger partial charge in [-0.25, -0.2) is 0 Å². The van der Waals surface area contributed by atoms with E-state index in [4.69, 9.17) is 9.15 Å². The van der Waals surface area contributed by atoms with Gasteiger partial charge in [0.15, 0.2) is 0 Å². The fourth-order valence-electron chi connectivity index (χ4n) is 3.42. The maximum atomic E-state index is 6.10. The number of hydrogen-bond acceptors (Lipinski definition) is 3. The molecule has 2 unspecified atom stereocenters. The second kappa shape index (κ2) is 6.10. The van der Waals surface area contributed by atoms with Gasteiger partial charge in [-0.05, 0) is 43.7 Å². The number of hydrogen-bond donors (Lipinski definition) is 1. The van der Waals surface area contributed by atoms with Gasteiger partial charge in [-0.3, -0.25) is 0 Å². The van der Waals surface area contributed by atoms with E-state index in [1.807, 2.05) is 13.1 Å². The molecule has 1 saturated carbocycles. The molecular formula is C16H27NO2. The van der Waals surface area contributed by atoms with Gasteiger partial charge in [-0.2, -0.15) is 0 Å². The van der Waals surface area contributed by atoms with E-state index in [2.05, 4.69) is 26.1 Å². The van der Waals surface area contributed by atoms with Gasteiger partial charge in [-0.1, -0.05) is 20.8 Å². The van der Waals surface area contributed by atoms with Gasteiger partial charge >= 0.3 is 0 Å². The summed E-state index contributed by atoms with van der Waals surface area (Å²) in [5.41, 5.74) is 1.60. The van der Waals surface area contributed by atoms with Crippen molar-refractivity contribution in [2.45, 2.75) is 59.3 Å². The van der Waals surface area contributed by atoms with Crippen LogP contribution in [-0.4, -0.2) is 13.2 Å². The number of nitrogens with one attached hydrogen (secondary N) is 1. The minimum Gasteiger partial charge on any atom is -0.467 e. The minimum atomic E-state index is 0.367. The highest BCUT2D eigenvalue weighted by atomic mass is 16.5.